The van der Waals surface area contributed by atoms with Crippen molar-refractivity contribution in [3.63, 3.8) is 0 Å². The zero-order valence-corrected chi connectivity index (χ0v) is 9.77. The molecule has 2 aromatic rings. The molecule has 17 heavy (non-hydrogen) atoms. The lowest BCUT2D eigenvalue weighted by atomic mass is 10.1. The lowest BCUT2D eigenvalue weighted by Gasteiger charge is -2.06. The maximum atomic E-state index is 13.6. The number of rotatable bonds is 2. The van der Waals surface area contributed by atoms with Crippen LogP contribution in [0.5, 0.6) is 0 Å². The summed E-state index contributed by atoms with van der Waals surface area (Å²) in [6.07, 6.45) is 0. The van der Waals surface area contributed by atoms with Gasteiger partial charge in [-0.1, -0.05) is 12.1 Å². The van der Waals surface area contributed by atoms with Gasteiger partial charge in [0.1, 0.15) is 5.82 Å². The summed E-state index contributed by atoms with van der Waals surface area (Å²) in [7, 11) is 0. The smallest absolute Gasteiger partial charge is 0.267 e. The Morgan fingerprint density at radius 2 is 2.00 bits per heavy atom. The zero-order chi connectivity index (χ0) is 12.4. The van der Waals surface area contributed by atoms with Crippen molar-refractivity contribution in [2.75, 3.05) is 0 Å². The lowest BCUT2D eigenvalue weighted by Crippen LogP contribution is -2.23. The molecule has 0 N–H and O–H groups in total. The molecule has 0 amide bonds. The van der Waals surface area contributed by atoms with Crippen molar-refractivity contribution in [1.29, 1.82) is 0 Å². The highest BCUT2D eigenvalue weighted by Gasteiger charge is 2.05. The maximum absolute atomic E-state index is 13.6. The van der Waals surface area contributed by atoms with Crippen LogP contribution in [0.1, 0.15) is 16.8 Å². The van der Waals surface area contributed by atoms with Crippen LogP contribution >= 0.6 is 0 Å². The molecule has 1 aromatic carbocycles. The van der Waals surface area contributed by atoms with Gasteiger partial charge in [0.25, 0.3) is 5.56 Å². The van der Waals surface area contributed by atoms with Crippen LogP contribution in [0, 0.1) is 19.7 Å². The van der Waals surface area contributed by atoms with E-state index >= 15 is 0 Å². The second-order valence-corrected chi connectivity index (χ2v) is 4.07. The largest absolute Gasteiger partial charge is 0.268 e. The minimum absolute atomic E-state index is 0.159. The highest BCUT2D eigenvalue weighted by Crippen LogP contribution is 2.10. The number of hydrogen-bond acceptors (Lipinski definition) is 2. The van der Waals surface area contributed by atoms with Gasteiger partial charge >= 0.3 is 0 Å². The van der Waals surface area contributed by atoms with Gasteiger partial charge < -0.3 is 0 Å². The Bertz CT molecular complexity index is 605. The quantitative estimate of drug-likeness (QED) is 0.794. The standard InChI is InChI=1S/C13H13FN2O/c1-9-3-5-11(12(14)7-9)8-16-13(17)6-4-10(2)15-16/h3-7H,8H2,1-2H3. The summed E-state index contributed by atoms with van der Waals surface area (Å²) in [5.41, 5.74) is 1.83. The van der Waals surface area contributed by atoms with E-state index in [4.69, 9.17) is 0 Å². The third-order valence-corrected chi connectivity index (χ3v) is 2.53. The first-order valence-corrected chi connectivity index (χ1v) is 5.36. The average molecular weight is 232 g/mol. The van der Waals surface area contributed by atoms with Crippen molar-refractivity contribution in [2.45, 2.75) is 20.4 Å². The van der Waals surface area contributed by atoms with Crippen molar-refractivity contribution in [2.24, 2.45) is 0 Å². The molecular formula is C13H13FN2O. The van der Waals surface area contributed by atoms with Crippen LogP contribution in [0.3, 0.4) is 0 Å². The van der Waals surface area contributed by atoms with Gasteiger partial charge in [0.05, 0.1) is 12.2 Å². The molecule has 2 rings (SSSR count). The zero-order valence-electron chi connectivity index (χ0n) is 9.77. The van der Waals surface area contributed by atoms with Crippen LogP contribution < -0.4 is 5.56 Å². The van der Waals surface area contributed by atoms with Crippen molar-refractivity contribution >= 4 is 0 Å². The fourth-order valence-corrected chi connectivity index (χ4v) is 1.61. The number of hydrogen-bond donors (Lipinski definition) is 0. The Balaban J connectivity index is 2.38. The number of benzene rings is 1. The summed E-state index contributed by atoms with van der Waals surface area (Å²) in [6.45, 7) is 3.78. The van der Waals surface area contributed by atoms with E-state index in [0.717, 1.165) is 11.3 Å². The predicted octanol–water partition coefficient (Wildman–Crippen LogP) is 2.05. The molecule has 0 unspecified atom stereocenters. The molecule has 0 radical (unpaired) electrons. The highest BCUT2D eigenvalue weighted by molar-refractivity contribution is 5.23. The Morgan fingerprint density at radius 3 is 2.71 bits per heavy atom. The molecule has 1 heterocycles. The van der Waals surface area contributed by atoms with Gasteiger partial charge in [-0.2, -0.15) is 5.10 Å². The average Bonchev–Trinajstić information content (AvgIpc) is 2.27. The Kier molecular flexibility index (Phi) is 3.04. The fourth-order valence-electron chi connectivity index (χ4n) is 1.61. The van der Waals surface area contributed by atoms with Crippen molar-refractivity contribution < 1.29 is 4.39 Å². The summed E-state index contributed by atoms with van der Waals surface area (Å²) in [4.78, 5) is 11.5. The Hall–Kier alpha value is -1.97. The molecule has 3 nitrogen and oxygen atoms in total. The predicted molar refractivity (Wildman–Crippen MR) is 63.5 cm³/mol. The minimum atomic E-state index is -0.305. The van der Waals surface area contributed by atoms with E-state index in [1.807, 2.05) is 13.0 Å². The summed E-state index contributed by atoms with van der Waals surface area (Å²) in [5.74, 6) is -0.305. The third-order valence-electron chi connectivity index (χ3n) is 2.53. The topological polar surface area (TPSA) is 34.9 Å². The fraction of sp³-hybridized carbons (Fsp3) is 0.231. The normalized spacial score (nSPS) is 10.5. The molecule has 4 heteroatoms. The summed E-state index contributed by atoms with van der Waals surface area (Å²) >= 11 is 0. The van der Waals surface area contributed by atoms with Crippen molar-refractivity contribution in [3.8, 4) is 0 Å². The molecule has 88 valence electrons. The Morgan fingerprint density at radius 1 is 1.24 bits per heavy atom. The van der Waals surface area contributed by atoms with Gasteiger partial charge in [-0.3, -0.25) is 4.79 Å². The molecule has 0 bridgehead atoms. The highest BCUT2D eigenvalue weighted by atomic mass is 19.1. The van der Waals surface area contributed by atoms with E-state index in [9.17, 15) is 9.18 Å². The number of halogens is 1. The second-order valence-electron chi connectivity index (χ2n) is 4.07. The minimum Gasteiger partial charge on any atom is -0.268 e. The van der Waals surface area contributed by atoms with Crippen LogP contribution in [0.25, 0.3) is 0 Å². The van der Waals surface area contributed by atoms with E-state index in [-0.39, 0.29) is 17.9 Å². The van der Waals surface area contributed by atoms with Gasteiger partial charge in [0.15, 0.2) is 0 Å². The molecule has 1 aromatic heterocycles. The molecule has 0 saturated carbocycles. The van der Waals surface area contributed by atoms with Gasteiger partial charge in [0, 0.05) is 11.6 Å². The SMILES string of the molecule is Cc1ccc(Cn2nc(C)ccc2=O)c(F)c1. The first-order valence-electron chi connectivity index (χ1n) is 5.36. The first kappa shape index (κ1) is 11.5. The van der Waals surface area contributed by atoms with Crippen LogP contribution in [-0.2, 0) is 6.54 Å². The lowest BCUT2D eigenvalue weighted by molar-refractivity contribution is 0.568. The molecule has 0 aliphatic rings. The van der Waals surface area contributed by atoms with E-state index in [1.54, 1.807) is 19.1 Å². The van der Waals surface area contributed by atoms with Crippen LogP contribution in [0.15, 0.2) is 35.1 Å². The summed E-state index contributed by atoms with van der Waals surface area (Å²) < 4.78 is 14.9. The summed E-state index contributed by atoms with van der Waals surface area (Å²) in [6, 6.07) is 8.04. The molecular weight excluding hydrogens is 219 g/mol. The Labute approximate surface area is 98.5 Å². The monoisotopic (exact) mass is 232 g/mol. The maximum Gasteiger partial charge on any atom is 0.267 e. The molecule has 0 saturated heterocycles. The van der Waals surface area contributed by atoms with Crippen molar-refractivity contribution in [3.05, 3.63) is 63.3 Å². The molecule has 0 fully saturated rings. The van der Waals surface area contributed by atoms with E-state index in [2.05, 4.69) is 5.10 Å². The molecule has 0 atom stereocenters. The van der Waals surface area contributed by atoms with Gasteiger partial charge in [0.2, 0.25) is 0 Å². The number of aryl methyl sites for hydroxylation is 2. The number of nitrogens with zero attached hydrogens (tertiary/aromatic N) is 2. The van der Waals surface area contributed by atoms with Crippen LogP contribution in [-0.4, -0.2) is 9.78 Å². The van der Waals surface area contributed by atoms with E-state index < -0.39 is 0 Å². The third kappa shape index (κ3) is 2.58. The van der Waals surface area contributed by atoms with Gasteiger partial charge in [-0.25, -0.2) is 9.07 Å². The molecule has 0 aliphatic heterocycles. The van der Waals surface area contributed by atoms with Gasteiger partial charge in [-0.05, 0) is 31.5 Å². The first-order chi connectivity index (χ1) is 8.06. The van der Waals surface area contributed by atoms with Gasteiger partial charge in [-0.15, -0.1) is 0 Å². The summed E-state index contributed by atoms with van der Waals surface area (Å²) in [5, 5.41) is 4.07. The van der Waals surface area contributed by atoms with Crippen LogP contribution in [0.4, 0.5) is 4.39 Å². The van der Waals surface area contributed by atoms with E-state index in [1.165, 1.54) is 16.8 Å². The second kappa shape index (κ2) is 4.49. The van der Waals surface area contributed by atoms with Crippen molar-refractivity contribution in [1.82, 2.24) is 9.78 Å². The van der Waals surface area contributed by atoms with E-state index in [0.29, 0.717) is 5.56 Å². The molecule has 0 aliphatic carbocycles. The number of aromatic nitrogens is 2. The molecule has 0 spiro atoms. The van der Waals surface area contributed by atoms with Crippen LogP contribution in [0.2, 0.25) is 0 Å².